The summed E-state index contributed by atoms with van der Waals surface area (Å²) in [6.45, 7) is -0.184. The van der Waals surface area contributed by atoms with Crippen molar-refractivity contribution in [2.75, 3.05) is 7.11 Å². The van der Waals surface area contributed by atoms with Gasteiger partial charge in [-0.25, -0.2) is 14.4 Å². The lowest BCUT2D eigenvalue weighted by atomic mass is 10.1. The van der Waals surface area contributed by atoms with Crippen LogP contribution in [0.4, 0.5) is 4.79 Å². The predicted molar refractivity (Wildman–Crippen MR) is 113 cm³/mol. The first-order chi connectivity index (χ1) is 15.8. The minimum atomic E-state index is -1.15. The molecule has 168 valence electrons. The third-order valence-electron chi connectivity index (χ3n) is 4.72. The number of carboxylic acids is 1. The first-order valence-corrected chi connectivity index (χ1v) is 9.79. The largest absolute Gasteiger partial charge is 0.478 e. The number of esters is 1. The second-order valence-corrected chi connectivity index (χ2v) is 7.25. The highest BCUT2D eigenvalue weighted by Gasteiger charge is 2.34. The second-order valence-electron chi connectivity index (χ2n) is 6.84. The first-order valence-electron chi connectivity index (χ1n) is 9.41. The zero-order valence-electron chi connectivity index (χ0n) is 17.0. The van der Waals surface area contributed by atoms with Crippen LogP contribution in [-0.4, -0.2) is 41.0 Å². The number of carboxylic acid groups (broad SMARTS) is 1. The number of carbonyl (C=O) groups is 4. The maximum atomic E-state index is 12.7. The average Bonchev–Trinajstić information content (AvgIpc) is 3.50. The lowest BCUT2D eigenvalue weighted by Gasteiger charge is -2.09. The Hall–Kier alpha value is -4.31. The molecule has 1 aliphatic rings. The monoisotopic (exact) mass is 470 g/mol. The van der Waals surface area contributed by atoms with Gasteiger partial charge in [0.05, 0.1) is 24.2 Å². The molecule has 11 heteroatoms. The number of methoxy groups -OCH3 is 1. The highest BCUT2D eigenvalue weighted by molar-refractivity contribution is 6.33. The summed E-state index contributed by atoms with van der Waals surface area (Å²) in [5.41, 5.74) is 0.487. The molecular weight excluding hydrogens is 456 g/mol. The molecule has 0 unspecified atom stereocenters. The van der Waals surface area contributed by atoms with Gasteiger partial charge in [0.2, 0.25) is 5.76 Å². The van der Waals surface area contributed by atoms with Crippen molar-refractivity contribution in [1.82, 2.24) is 10.2 Å². The zero-order chi connectivity index (χ0) is 23.7. The van der Waals surface area contributed by atoms with Crippen LogP contribution in [0.3, 0.4) is 0 Å². The van der Waals surface area contributed by atoms with Gasteiger partial charge in [-0.1, -0.05) is 17.7 Å². The first kappa shape index (κ1) is 21.9. The van der Waals surface area contributed by atoms with E-state index in [0.717, 1.165) is 4.90 Å². The Morgan fingerprint density at radius 1 is 1.15 bits per heavy atom. The molecule has 3 heterocycles. The predicted octanol–water partition coefficient (Wildman–Crippen LogP) is 3.77. The molecule has 4 rings (SSSR count). The summed E-state index contributed by atoms with van der Waals surface area (Å²) in [7, 11) is 1.21. The van der Waals surface area contributed by atoms with Crippen molar-refractivity contribution in [2.24, 2.45) is 0 Å². The van der Waals surface area contributed by atoms with Crippen LogP contribution in [0.25, 0.3) is 17.4 Å². The topological polar surface area (TPSA) is 139 Å². The van der Waals surface area contributed by atoms with Crippen molar-refractivity contribution in [3.8, 4) is 11.3 Å². The Morgan fingerprint density at radius 2 is 1.94 bits per heavy atom. The van der Waals surface area contributed by atoms with Gasteiger partial charge in [0.15, 0.2) is 0 Å². The molecule has 1 fully saturated rings. The molecular formula is C22H15ClN2O8. The van der Waals surface area contributed by atoms with Crippen molar-refractivity contribution < 1.29 is 37.9 Å². The van der Waals surface area contributed by atoms with E-state index in [1.165, 1.54) is 37.5 Å². The highest BCUT2D eigenvalue weighted by Crippen LogP contribution is 2.28. The maximum Gasteiger partial charge on any atom is 0.373 e. The molecule has 10 nitrogen and oxygen atoms in total. The number of carbonyl (C=O) groups excluding carboxylic acids is 3. The summed E-state index contributed by atoms with van der Waals surface area (Å²) >= 11 is 6.00. The van der Waals surface area contributed by atoms with Crippen LogP contribution in [-0.2, 0) is 16.1 Å². The molecule has 33 heavy (non-hydrogen) atoms. The zero-order valence-corrected chi connectivity index (χ0v) is 17.7. The number of aromatic carboxylic acids is 1. The summed E-state index contributed by atoms with van der Waals surface area (Å²) in [5.74, 6) is -1.58. The normalized spacial score (nSPS) is 14.6. The molecule has 0 bridgehead atoms. The number of urea groups is 1. The van der Waals surface area contributed by atoms with Crippen molar-refractivity contribution in [3.05, 3.63) is 76.0 Å². The lowest BCUT2D eigenvalue weighted by Crippen LogP contribution is -2.30. The van der Waals surface area contributed by atoms with Crippen molar-refractivity contribution in [1.29, 1.82) is 0 Å². The van der Waals surface area contributed by atoms with Crippen LogP contribution in [0.2, 0.25) is 5.02 Å². The van der Waals surface area contributed by atoms with Gasteiger partial charge in [-0.15, -0.1) is 0 Å². The van der Waals surface area contributed by atoms with E-state index >= 15 is 0 Å². The van der Waals surface area contributed by atoms with E-state index in [0.29, 0.717) is 11.3 Å². The fraction of sp³-hybridized carbons (Fsp3) is 0.0909. The lowest BCUT2D eigenvalue weighted by molar-refractivity contribution is -0.123. The standard InChI is InChI=1S/C22H15ClN2O8/c1-31-21(29)18-7-4-13(33-18)10-25-19(26)16(24-22(25)30)9-12-3-6-17(32-12)11-2-5-14(20(27)28)15(23)8-11/h2-9H,10H2,1H3,(H,24,30)(H,27,28)/b16-9-. The summed E-state index contributed by atoms with van der Waals surface area (Å²) in [6.07, 6.45) is 1.36. The molecule has 1 saturated heterocycles. The number of furan rings is 2. The van der Waals surface area contributed by atoms with E-state index in [1.807, 2.05) is 0 Å². The number of benzene rings is 1. The molecule has 0 radical (unpaired) electrons. The number of rotatable bonds is 6. The Labute approximate surface area is 191 Å². The van der Waals surface area contributed by atoms with Gasteiger partial charge < -0.3 is 24.0 Å². The smallest absolute Gasteiger partial charge is 0.373 e. The molecule has 2 aromatic heterocycles. The molecule has 3 aromatic rings. The van der Waals surface area contributed by atoms with E-state index in [9.17, 15) is 19.2 Å². The van der Waals surface area contributed by atoms with E-state index in [1.54, 1.807) is 18.2 Å². The van der Waals surface area contributed by atoms with Gasteiger partial charge in [0.25, 0.3) is 5.91 Å². The molecule has 1 aliphatic heterocycles. The van der Waals surface area contributed by atoms with E-state index in [4.69, 9.17) is 25.5 Å². The fourth-order valence-electron chi connectivity index (χ4n) is 3.11. The van der Waals surface area contributed by atoms with Crippen molar-refractivity contribution in [3.63, 3.8) is 0 Å². The van der Waals surface area contributed by atoms with Crippen molar-refractivity contribution >= 4 is 41.6 Å². The maximum absolute atomic E-state index is 12.7. The average molecular weight is 471 g/mol. The molecule has 0 atom stereocenters. The molecule has 1 aromatic carbocycles. The number of nitrogens with zero attached hydrogens (tertiary/aromatic N) is 1. The van der Waals surface area contributed by atoms with Gasteiger partial charge in [0.1, 0.15) is 23.0 Å². The van der Waals surface area contributed by atoms with Crippen LogP contribution >= 0.6 is 11.6 Å². The third-order valence-corrected chi connectivity index (χ3v) is 5.03. The van der Waals surface area contributed by atoms with E-state index in [-0.39, 0.29) is 40.1 Å². The van der Waals surface area contributed by atoms with E-state index in [2.05, 4.69) is 10.1 Å². The van der Waals surface area contributed by atoms with Crippen LogP contribution in [0.15, 0.2) is 57.0 Å². The van der Waals surface area contributed by atoms with Gasteiger partial charge in [-0.3, -0.25) is 9.69 Å². The van der Waals surface area contributed by atoms with Gasteiger partial charge in [-0.2, -0.15) is 0 Å². The Morgan fingerprint density at radius 3 is 2.64 bits per heavy atom. The Bertz CT molecular complexity index is 1320. The van der Waals surface area contributed by atoms with Crippen LogP contribution in [0.1, 0.15) is 32.4 Å². The fourth-order valence-corrected chi connectivity index (χ4v) is 3.38. The molecule has 0 spiro atoms. The Balaban J connectivity index is 1.51. The summed E-state index contributed by atoms with van der Waals surface area (Å²) in [4.78, 5) is 48.4. The molecule has 0 aliphatic carbocycles. The number of amides is 3. The van der Waals surface area contributed by atoms with E-state index < -0.39 is 23.9 Å². The Kier molecular flexibility index (Phi) is 5.76. The molecule has 2 N–H and O–H groups in total. The minimum absolute atomic E-state index is 0.0140. The summed E-state index contributed by atoms with van der Waals surface area (Å²) < 4.78 is 15.5. The van der Waals surface area contributed by atoms with Gasteiger partial charge in [-0.05, 0) is 36.4 Å². The van der Waals surface area contributed by atoms with Crippen LogP contribution in [0, 0.1) is 0 Å². The number of halogens is 1. The third kappa shape index (κ3) is 4.37. The quantitative estimate of drug-likeness (QED) is 0.315. The van der Waals surface area contributed by atoms with Crippen molar-refractivity contribution in [2.45, 2.75) is 6.54 Å². The second kappa shape index (κ2) is 8.67. The minimum Gasteiger partial charge on any atom is -0.478 e. The summed E-state index contributed by atoms with van der Waals surface area (Å²) in [6, 6.07) is 9.75. The number of hydrogen-bond acceptors (Lipinski definition) is 7. The van der Waals surface area contributed by atoms with Gasteiger partial charge in [0, 0.05) is 11.6 Å². The highest BCUT2D eigenvalue weighted by atomic mass is 35.5. The van der Waals surface area contributed by atoms with Crippen LogP contribution < -0.4 is 5.32 Å². The SMILES string of the molecule is COC(=O)c1ccc(CN2C(=O)N/C(=C\c3ccc(-c4ccc(C(=O)O)c(Cl)c4)o3)C2=O)o1. The van der Waals surface area contributed by atoms with Gasteiger partial charge >= 0.3 is 18.0 Å². The molecule has 0 saturated carbocycles. The number of nitrogens with one attached hydrogen (secondary N) is 1. The number of ether oxygens (including phenoxy) is 1. The number of hydrogen-bond donors (Lipinski definition) is 2. The molecule has 3 amide bonds. The summed E-state index contributed by atoms with van der Waals surface area (Å²) in [5, 5.41) is 11.6. The van der Waals surface area contributed by atoms with Crippen LogP contribution in [0.5, 0.6) is 0 Å². The number of imide groups is 1.